The first-order valence-corrected chi connectivity index (χ1v) is 6.94. The van der Waals surface area contributed by atoms with Crippen LogP contribution in [-0.4, -0.2) is 12.7 Å². The van der Waals surface area contributed by atoms with E-state index in [-0.39, 0.29) is 12.1 Å². The Morgan fingerprint density at radius 3 is 2.50 bits per heavy atom. The Hall–Kier alpha value is -2.00. The number of benzene rings is 2. The minimum absolute atomic E-state index is 0.0682. The molecule has 3 heteroatoms. The highest BCUT2D eigenvalue weighted by Crippen LogP contribution is 2.33. The van der Waals surface area contributed by atoms with Gasteiger partial charge in [-0.15, -0.1) is 0 Å². The first-order valence-electron chi connectivity index (χ1n) is 6.94. The van der Waals surface area contributed by atoms with E-state index in [9.17, 15) is 0 Å². The number of para-hydroxylation sites is 2. The molecule has 2 unspecified atom stereocenters. The summed E-state index contributed by atoms with van der Waals surface area (Å²) in [6.45, 7) is 2.70. The molecule has 2 aromatic rings. The molecule has 0 radical (unpaired) electrons. The lowest BCUT2D eigenvalue weighted by molar-refractivity contribution is 0.162. The molecule has 0 aromatic heterocycles. The van der Waals surface area contributed by atoms with Crippen molar-refractivity contribution >= 4 is 0 Å². The summed E-state index contributed by atoms with van der Waals surface area (Å²) in [5.74, 6) is 1.57. The fraction of sp³-hybridized carbons (Fsp3) is 0.294. The topological polar surface area (TPSA) is 44.5 Å². The number of hydrogen-bond acceptors (Lipinski definition) is 3. The maximum Gasteiger partial charge on any atom is 0.161 e. The predicted molar refractivity (Wildman–Crippen MR) is 79.1 cm³/mol. The van der Waals surface area contributed by atoms with Gasteiger partial charge in [-0.25, -0.2) is 0 Å². The summed E-state index contributed by atoms with van der Waals surface area (Å²) in [7, 11) is 0. The first-order chi connectivity index (χ1) is 9.74. The monoisotopic (exact) mass is 269 g/mol. The molecule has 2 atom stereocenters. The normalized spacial score (nSPS) is 19.2. The average molecular weight is 269 g/mol. The SMILES string of the molecule is Cc1ccc(C(N)C2CCOc3ccccc3O2)cc1. The summed E-state index contributed by atoms with van der Waals surface area (Å²) in [4.78, 5) is 0. The van der Waals surface area contributed by atoms with Crippen molar-refractivity contribution in [3.63, 3.8) is 0 Å². The van der Waals surface area contributed by atoms with Crippen molar-refractivity contribution in [2.45, 2.75) is 25.5 Å². The fourth-order valence-electron chi connectivity index (χ4n) is 2.43. The summed E-state index contributed by atoms with van der Waals surface area (Å²) in [6, 6.07) is 15.9. The number of aryl methyl sites for hydroxylation is 1. The third-order valence-electron chi connectivity index (χ3n) is 3.65. The Kier molecular flexibility index (Phi) is 3.61. The lowest BCUT2D eigenvalue weighted by Crippen LogP contribution is -2.31. The molecule has 0 aliphatic carbocycles. The van der Waals surface area contributed by atoms with Crippen LogP contribution in [0.3, 0.4) is 0 Å². The Morgan fingerprint density at radius 2 is 1.75 bits per heavy atom. The molecule has 2 aromatic carbocycles. The van der Waals surface area contributed by atoms with Gasteiger partial charge in [0.15, 0.2) is 11.5 Å². The van der Waals surface area contributed by atoms with Crippen LogP contribution in [0.25, 0.3) is 0 Å². The van der Waals surface area contributed by atoms with E-state index < -0.39 is 0 Å². The fourth-order valence-corrected chi connectivity index (χ4v) is 2.43. The summed E-state index contributed by atoms with van der Waals surface area (Å²) in [5, 5.41) is 0. The van der Waals surface area contributed by atoms with Gasteiger partial charge in [-0.3, -0.25) is 0 Å². The van der Waals surface area contributed by atoms with Crippen LogP contribution in [0, 0.1) is 6.92 Å². The zero-order chi connectivity index (χ0) is 13.9. The van der Waals surface area contributed by atoms with Gasteiger partial charge >= 0.3 is 0 Å². The molecule has 0 fully saturated rings. The number of hydrogen-bond donors (Lipinski definition) is 1. The zero-order valence-corrected chi connectivity index (χ0v) is 11.6. The van der Waals surface area contributed by atoms with Crippen LogP contribution in [0.4, 0.5) is 0 Å². The molecule has 0 bridgehead atoms. The minimum Gasteiger partial charge on any atom is -0.490 e. The van der Waals surface area contributed by atoms with Crippen molar-refractivity contribution in [3.8, 4) is 11.5 Å². The van der Waals surface area contributed by atoms with Crippen LogP contribution < -0.4 is 15.2 Å². The van der Waals surface area contributed by atoms with Crippen molar-refractivity contribution in [3.05, 3.63) is 59.7 Å². The molecule has 3 nitrogen and oxygen atoms in total. The Balaban J connectivity index is 1.82. The number of nitrogens with two attached hydrogens (primary N) is 1. The number of ether oxygens (including phenoxy) is 2. The molecular formula is C17H19NO2. The van der Waals surface area contributed by atoms with Gasteiger partial charge < -0.3 is 15.2 Å². The van der Waals surface area contributed by atoms with Gasteiger partial charge in [-0.1, -0.05) is 42.0 Å². The molecule has 20 heavy (non-hydrogen) atoms. The van der Waals surface area contributed by atoms with Crippen LogP contribution in [-0.2, 0) is 0 Å². The molecule has 1 aliphatic rings. The second kappa shape index (κ2) is 5.55. The van der Waals surface area contributed by atoms with Gasteiger partial charge in [0, 0.05) is 6.42 Å². The number of fused-ring (bicyclic) bond motifs is 1. The molecule has 104 valence electrons. The van der Waals surface area contributed by atoms with Gasteiger partial charge in [0.05, 0.1) is 12.6 Å². The van der Waals surface area contributed by atoms with Gasteiger partial charge in [0.1, 0.15) is 6.10 Å². The summed E-state index contributed by atoms with van der Waals surface area (Å²) >= 11 is 0. The van der Waals surface area contributed by atoms with Crippen LogP contribution in [0.1, 0.15) is 23.6 Å². The third-order valence-corrected chi connectivity index (χ3v) is 3.65. The van der Waals surface area contributed by atoms with E-state index >= 15 is 0 Å². The van der Waals surface area contributed by atoms with Gasteiger partial charge in [-0.2, -0.15) is 0 Å². The van der Waals surface area contributed by atoms with E-state index in [4.69, 9.17) is 15.2 Å². The summed E-state index contributed by atoms with van der Waals surface area (Å²) < 4.78 is 11.8. The van der Waals surface area contributed by atoms with E-state index in [1.807, 2.05) is 24.3 Å². The molecule has 0 saturated carbocycles. The Labute approximate surface area is 119 Å². The molecule has 2 N–H and O–H groups in total. The second-order valence-corrected chi connectivity index (χ2v) is 5.18. The predicted octanol–water partition coefficient (Wildman–Crippen LogP) is 3.22. The Bertz CT molecular complexity index is 580. The van der Waals surface area contributed by atoms with Crippen molar-refractivity contribution in [1.29, 1.82) is 0 Å². The lowest BCUT2D eigenvalue weighted by Gasteiger charge is -2.23. The Morgan fingerprint density at radius 1 is 1.05 bits per heavy atom. The van der Waals surface area contributed by atoms with Crippen LogP contribution in [0.2, 0.25) is 0 Å². The van der Waals surface area contributed by atoms with Crippen LogP contribution >= 0.6 is 0 Å². The molecule has 3 rings (SSSR count). The van der Waals surface area contributed by atoms with E-state index in [1.54, 1.807) is 0 Å². The molecule has 1 aliphatic heterocycles. The van der Waals surface area contributed by atoms with E-state index in [2.05, 4.69) is 31.2 Å². The van der Waals surface area contributed by atoms with E-state index in [1.165, 1.54) is 5.56 Å². The highest BCUT2D eigenvalue weighted by Gasteiger charge is 2.25. The molecule has 0 spiro atoms. The van der Waals surface area contributed by atoms with Crippen LogP contribution in [0.5, 0.6) is 11.5 Å². The van der Waals surface area contributed by atoms with Crippen molar-refractivity contribution < 1.29 is 9.47 Å². The molecule has 0 saturated heterocycles. The molecule has 0 amide bonds. The highest BCUT2D eigenvalue weighted by molar-refractivity contribution is 5.40. The third kappa shape index (κ3) is 2.63. The largest absolute Gasteiger partial charge is 0.490 e. The van der Waals surface area contributed by atoms with E-state index in [0.29, 0.717) is 6.61 Å². The summed E-state index contributed by atoms with van der Waals surface area (Å²) in [6.07, 6.45) is 0.713. The smallest absolute Gasteiger partial charge is 0.161 e. The van der Waals surface area contributed by atoms with E-state index in [0.717, 1.165) is 23.5 Å². The number of rotatable bonds is 2. The zero-order valence-electron chi connectivity index (χ0n) is 11.6. The van der Waals surface area contributed by atoms with Crippen molar-refractivity contribution in [2.24, 2.45) is 5.73 Å². The van der Waals surface area contributed by atoms with Crippen molar-refractivity contribution in [2.75, 3.05) is 6.61 Å². The second-order valence-electron chi connectivity index (χ2n) is 5.18. The molecule has 1 heterocycles. The first kappa shape index (κ1) is 13.0. The quantitative estimate of drug-likeness (QED) is 0.910. The standard InChI is InChI=1S/C17H19NO2/c1-12-6-8-13(9-7-12)17(18)16-10-11-19-14-4-2-3-5-15(14)20-16/h2-9,16-17H,10-11,18H2,1H3. The van der Waals surface area contributed by atoms with Gasteiger partial charge in [-0.05, 0) is 24.6 Å². The summed E-state index contributed by atoms with van der Waals surface area (Å²) in [5.41, 5.74) is 8.70. The van der Waals surface area contributed by atoms with Gasteiger partial charge in [0.25, 0.3) is 0 Å². The lowest BCUT2D eigenvalue weighted by atomic mass is 9.99. The minimum atomic E-state index is -0.148. The van der Waals surface area contributed by atoms with Gasteiger partial charge in [0.2, 0.25) is 0 Å². The van der Waals surface area contributed by atoms with Crippen molar-refractivity contribution in [1.82, 2.24) is 0 Å². The highest BCUT2D eigenvalue weighted by atomic mass is 16.5. The average Bonchev–Trinajstić information content (AvgIpc) is 2.69. The molecular weight excluding hydrogens is 250 g/mol. The maximum absolute atomic E-state index is 6.37. The van der Waals surface area contributed by atoms with Crippen LogP contribution in [0.15, 0.2) is 48.5 Å². The maximum atomic E-state index is 6.37.